The Bertz CT molecular complexity index is 963. The number of aryl methyl sites for hydroxylation is 1. The molecule has 1 heterocycles. The average Bonchev–Trinajstić information content (AvgIpc) is 2.85. The van der Waals surface area contributed by atoms with Gasteiger partial charge in [-0.2, -0.15) is 4.31 Å². The normalized spacial score (nSPS) is 17.8. The molecule has 3 rings (SSSR count). The molecule has 1 fully saturated rings. The van der Waals surface area contributed by atoms with Crippen molar-refractivity contribution in [2.24, 2.45) is 0 Å². The number of sulfonamides is 1. The van der Waals surface area contributed by atoms with Crippen LogP contribution in [0.25, 0.3) is 0 Å². The lowest BCUT2D eigenvalue weighted by molar-refractivity contribution is 0.0956. The Morgan fingerprint density at radius 2 is 1.70 bits per heavy atom. The molecule has 2 aromatic carbocycles. The summed E-state index contributed by atoms with van der Waals surface area (Å²) < 4.78 is 37.7. The van der Waals surface area contributed by atoms with Crippen LogP contribution >= 0.6 is 0 Å². The molecule has 1 amide bonds. The Morgan fingerprint density at radius 3 is 2.33 bits per heavy atom. The van der Waals surface area contributed by atoms with Gasteiger partial charge in [-0.25, -0.2) is 13.2 Å². The van der Waals surface area contributed by atoms with Crippen LogP contribution in [0.4, 0.5) is 4.79 Å². The first-order chi connectivity index (χ1) is 12.7. The van der Waals surface area contributed by atoms with Gasteiger partial charge in [-0.15, -0.1) is 0 Å². The van der Waals surface area contributed by atoms with Crippen LogP contribution in [-0.2, 0) is 14.8 Å². The van der Waals surface area contributed by atoms with E-state index < -0.39 is 21.7 Å². The quantitative estimate of drug-likeness (QED) is 0.778. The van der Waals surface area contributed by atoms with Crippen molar-refractivity contribution in [2.75, 3.05) is 6.61 Å². The standard InChI is InChI=1S/C20H21NO5S/c1-15-9-11-17(12-10-15)27(23,24)21-18(20(2,3)26-19(21)22)13-14-25-16-7-5-4-6-8-16/h4-13H,14H2,1-3H3/b18-13+. The van der Waals surface area contributed by atoms with Gasteiger partial charge in [-0.05, 0) is 51.1 Å². The maximum atomic E-state index is 13.0. The fraction of sp³-hybridized carbons (Fsp3) is 0.250. The van der Waals surface area contributed by atoms with Gasteiger partial charge in [0.25, 0.3) is 10.0 Å². The van der Waals surface area contributed by atoms with Gasteiger partial charge in [0.05, 0.1) is 10.6 Å². The molecule has 0 aromatic heterocycles. The zero-order chi connectivity index (χ0) is 19.7. The molecule has 27 heavy (non-hydrogen) atoms. The van der Waals surface area contributed by atoms with Gasteiger partial charge in [-0.3, -0.25) is 0 Å². The van der Waals surface area contributed by atoms with Gasteiger partial charge in [-0.1, -0.05) is 35.9 Å². The number of nitrogens with zero attached hydrogens (tertiary/aromatic N) is 1. The minimum atomic E-state index is -4.08. The molecule has 0 radical (unpaired) electrons. The number of cyclic esters (lactones) is 1. The van der Waals surface area contributed by atoms with Crippen molar-refractivity contribution >= 4 is 16.1 Å². The third kappa shape index (κ3) is 3.83. The van der Waals surface area contributed by atoms with Crippen LogP contribution in [0.15, 0.2) is 71.3 Å². The minimum absolute atomic E-state index is 0.0256. The number of hydrogen-bond acceptors (Lipinski definition) is 5. The highest BCUT2D eigenvalue weighted by Gasteiger charge is 2.49. The summed E-state index contributed by atoms with van der Waals surface area (Å²) in [6.45, 7) is 5.24. The Balaban J connectivity index is 1.92. The predicted molar refractivity (Wildman–Crippen MR) is 101 cm³/mol. The molecule has 0 bridgehead atoms. The lowest BCUT2D eigenvalue weighted by atomic mass is 10.1. The number of carbonyl (C=O) groups excluding carboxylic acids is 1. The molecule has 6 nitrogen and oxygen atoms in total. The van der Waals surface area contributed by atoms with E-state index in [0.29, 0.717) is 10.1 Å². The van der Waals surface area contributed by atoms with E-state index in [-0.39, 0.29) is 17.2 Å². The van der Waals surface area contributed by atoms with E-state index in [1.165, 1.54) is 12.1 Å². The summed E-state index contributed by atoms with van der Waals surface area (Å²) in [4.78, 5) is 12.4. The number of benzene rings is 2. The van der Waals surface area contributed by atoms with Crippen LogP contribution in [0.5, 0.6) is 5.75 Å². The molecule has 0 atom stereocenters. The number of rotatable bonds is 5. The number of carbonyl (C=O) groups is 1. The lowest BCUT2D eigenvalue weighted by Crippen LogP contribution is -2.32. The van der Waals surface area contributed by atoms with E-state index in [1.54, 1.807) is 44.2 Å². The van der Waals surface area contributed by atoms with Crippen LogP contribution < -0.4 is 4.74 Å². The monoisotopic (exact) mass is 387 g/mol. The zero-order valence-electron chi connectivity index (χ0n) is 15.4. The van der Waals surface area contributed by atoms with Gasteiger partial charge in [0, 0.05) is 0 Å². The predicted octanol–water partition coefficient (Wildman–Crippen LogP) is 3.88. The highest BCUT2D eigenvalue weighted by atomic mass is 32.2. The van der Waals surface area contributed by atoms with Crippen LogP contribution in [0.2, 0.25) is 0 Å². The molecule has 1 aliphatic heterocycles. The van der Waals surface area contributed by atoms with Gasteiger partial charge >= 0.3 is 6.09 Å². The molecule has 1 aliphatic rings. The third-order valence-corrected chi connectivity index (χ3v) is 5.87. The topological polar surface area (TPSA) is 72.9 Å². The van der Waals surface area contributed by atoms with Crippen molar-refractivity contribution in [3.63, 3.8) is 0 Å². The first-order valence-corrected chi connectivity index (χ1v) is 9.89. The minimum Gasteiger partial charge on any atom is -0.489 e. The Labute approximate surface area is 159 Å². The summed E-state index contributed by atoms with van der Waals surface area (Å²) in [5, 5.41) is 0. The van der Waals surface area contributed by atoms with Crippen molar-refractivity contribution in [1.29, 1.82) is 0 Å². The first kappa shape index (κ1) is 19.0. The number of para-hydroxylation sites is 1. The summed E-state index contributed by atoms with van der Waals surface area (Å²) in [7, 11) is -4.08. The Hall–Kier alpha value is -2.80. The van der Waals surface area contributed by atoms with E-state index >= 15 is 0 Å². The molecule has 0 unspecified atom stereocenters. The number of ether oxygens (including phenoxy) is 2. The summed E-state index contributed by atoms with van der Waals surface area (Å²) in [5.74, 6) is 0.644. The Morgan fingerprint density at radius 1 is 1.07 bits per heavy atom. The molecule has 1 saturated heterocycles. The maximum absolute atomic E-state index is 13.0. The van der Waals surface area contributed by atoms with Gasteiger partial charge in [0.2, 0.25) is 0 Å². The van der Waals surface area contributed by atoms with Crippen LogP contribution in [0.3, 0.4) is 0 Å². The molecular formula is C20H21NO5S. The summed E-state index contributed by atoms with van der Waals surface area (Å²) >= 11 is 0. The molecule has 2 aromatic rings. The molecule has 7 heteroatoms. The van der Waals surface area contributed by atoms with Crippen LogP contribution in [0, 0.1) is 6.92 Å². The lowest BCUT2D eigenvalue weighted by Gasteiger charge is -2.21. The summed E-state index contributed by atoms with van der Waals surface area (Å²) in [6.07, 6.45) is 0.635. The third-order valence-electron chi connectivity index (χ3n) is 4.17. The van der Waals surface area contributed by atoms with E-state index in [9.17, 15) is 13.2 Å². The van der Waals surface area contributed by atoms with Crippen molar-refractivity contribution < 1.29 is 22.7 Å². The van der Waals surface area contributed by atoms with E-state index in [2.05, 4.69) is 0 Å². The van der Waals surface area contributed by atoms with Crippen LogP contribution in [0.1, 0.15) is 19.4 Å². The average molecular weight is 387 g/mol. The second kappa shape index (κ2) is 7.08. The van der Waals surface area contributed by atoms with Crippen LogP contribution in [-0.4, -0.2) is 31.0 Å². The fourth-order valence-corrected chi connectivity index (χ4v) is 4.24. The van der Waals surface area contributed by atoms with E-state index in [4.69, 9.17) is 9.47 Å². The highest BCUT2D eigenvalue weighted by Crippen LogP contribution is 2.37. The Kier molecular flexibility index (Phi) is 4.97. The summed E-state index contributed by atoms with van der Waals surface area (Å²) in [6, 6.07) is 15.4. The molecular weight excluding hydrogens is 366 g/mol. The molecule has 142 valence electrons. The van der Waals surface area contributed by atoms with Crippen molar-refractivity contribution in [2.45, 2.75) is 31.3 Å². The van der Waals surface area contributed by atoms with E-state index in [0.717, 1.165) is 5.56 Å². The first-order valence-electron chi connectivity index (χ1n) is 8.45. The molecule has 0 spiro atoms. The van der Waals surface area contributed by atoms with Crippen molar-refractivity contribution in [3.8, 4) is 5.75 Å². The van der Waals surface area contributed by atoms with E-state index in [1.807, 2.05) is 25.1 Å². The maximum Gasteiger partial charge on any atom is 0.429 e. The zero-order valence-corrected chi connectivity index (χ0v) is 16.2. The second-order valence-electron chi connectivity index (χ2n) is 6.67. The van der Waals surface area contributed by atoms with Crippen molar-refractivity contribution in [3.05, 3.63) is 71.9 Å². The van der Waals surface area contributed by atoms with Gasteiger partial charge < -0.3 is 9.47 Å². The fourth-order valence-electron chi connectivity index (χ4n) is 2.76. The highest BCUT2D eigenvalue weighted by molar-refractivity contribution is 7.89. The smallest absolute Gasteiger partial charge is 0.429 e. The number of amides is 1. The number of hydrogen-bond donors (Lipinski definition) is 0. The summed E-state index contributed by atoms with van der Waals surface area (Å²) in [5.41, 5.74) is 0.0591. The van der Waals surface area contributed by atoms with Crippen molar-refractivity contribution in [1.82, 2.24) is 4.31 Å². The molecule has 0 saturated carbocycles. The molecule has 0 N–H and O–H groups in total. The van der Waals surface area contributed by atoms with Gasteiger partial charge in [0.15, 0.2) is 0 Å². The largest absolute Gasteiger partial charge is 0.489 e. The molecule has 0 aliphatic carbocycles. The second-order valence-corrected chi connectivity index (χ2v) is 8.46. The van der Waals surface area contributed by atoms with Gasteiger partial charge in [0.1, 0.15) is 18.0 Å². The SMILES string of the molecule is Cc1ccc(S(=O)(=O)N2C(=O)OC(C)(C)/C2=C\COc2ccccc2)cc1.